The summed E-state index contributed by atoms with van der Waals surface area (Å²) in [5.74, 6) is -0.625. The van der Waals surface area contributed by atoms with Crippen molar-refractivity contribution in [1.82, 2.24) is 10.5 Å². The van der Waals surface area contributed by atoms with Gasteiger partial charge in [-0.3, -0.25) is 4.79 Å². The van der Waals surface area contributed by atoms with Crippen molar-refractivity contribution in [3.8, 4) is 0 Å². The second-order valence-corrected chi connectivity index (χ2v) is 2.94. The number of nitrogens with one attached hydrogen (secondary N) is 1. The average Bonchev–Trinajstić information content (AvgIpc) is 2.76. The molecule has 15 heavy (non-hydrogen) atoms. The topological polar surface area (TPSA) is 114 Å². The van der Waals surface area contributed by atoms with Gasteiger partial charge in [-0.05, 0) is 6.92 Å². The van der Waals surface area contributed by atoms with E-state index in [0.717, 1.165) is 0 Å². The largest absolute Gasteiger partial charge is 0.409 e. The van der Waals surface area contributed by atoms with Gasteiger partial charge in [-0.1, -0.05) is 10.3 Å². The lowest BCUT2D eigenvalue weighted by molar-refractivity contribution is -0.122. The van der Waals surface area contributed by atoms with Gasteiger partial charge in [0.05, 0.1) is 18.7 Å². The van der Waals surface area contributed by atoms with E-state index in [0.29, 0.717) is 5.76 Å². The van der Waals surface area contributed by atoms with Crippen molar-refractivity contribution in [3.63, 3.8) is 0 Å². The molecule has 0 radical (unpaired) electrons. The quantitative estimate of drug-likeness (QED) is 0.274. The van der Waals surface area contributed by atoms with Gasteiger partial charge in [0, 0.05) is 6.07 Å². The number of carbonyl (C=O) groups excluding carboxylic acids is 1. The smallest absolute Gasteiger partial charge is 0.230 e. The van der Waals surface area contributed by atoms with E-state index in [1.165, 1.54) is 13.1 Å². The molecule has 0 aliphatic heterocycles. The molecule has 7 heteroatoms. The van der Waals surface area contributed by atoms with E-state index in [-0.39, 0.29) is 18.3 Å². The van der Waals surface area contributed by atoms with Gasteiger partial charge in [0.25, 0.3) is 0 Å². The van der Waals surface area contributed by atoms with Crippen LogP contribution in [0.2, 0.25) is 0 Å². The highest BCUT2D eigenvalue weighted by Crippen LogP contribution is 1.98. The van der Waals surface area contributed by atoms with Crippen LogP contribution in [0.3, 0.4) is 0 Å². The number of nitrogens with two attached hydrogens (primary N) is 1. The van der Waals surface area contributed by atoms with Crippen LogP contribution in [-0.4, -0.2) is 22.1 Å². The van der Waals surface area contributed by atoms with Gasteiger partial charge >= 0.3 is 0 Å². The summed E-state index contributed by atoms with van der Waals surface area (Å²) in [5, 5.41) is 17.1. The number of amidine groups is 1. The van der Waals surface area contributed by atoms with E-state index in [2.05, 4.69) is 15.6 Å². The minimum absolute atomic E-state index is 0.134. The second kappa shape index (κ2) is 4.99. The maximum Gasteiger partial charge on any atom is 0.230 e. The molecule has 4 N–H and O–H groups in total. The Morgan fingerprint density at radius 1 is 1.87 bits per heavy atom. The van der Waals surface area contributed by atoms with E-state index >= 15 is 0 Å². The maximum atomic E-state index is 11.4. The number of rotatable bonds is 4. The molecular weight excluding hydrogens is 200 g/mol. The zero-order chi connectivity index (χ0) is 11.3. The molecule has 82 valence electrons. The van der Waals surface area contributed by atoms with Gasteiger partial charge in [0.15, 0.2) is 11.6 Å². The Balaban J connectivity index is 2.43. The number of amides is 1. The summed E-state index contributed by atoms with van der Waals surface area (Å²) in [6.45, 7) is 1.76. The van der Waals surface area contributed by atoms with E-state index in [1.807, 2.05) is 0 Å². The summed E-state index contributed by atoms with van der Waals surface area (Å²) < 4.78 is 4.77. The third-order valence-electron chi connectivity index (χ3n) is 1.88. The first kappa shape index (κ1) is 11.0. The summed E-state index contributed by atoms with van der Waals surface area (Å²) >= 11 is 0. The zero-order valence-electron chi connectivity index (χ0n) is 8.17. The molecule has 0 aromatic carbocycles. The highest BCUT2D eigenvalue weighted by molar-refractivity contribution is 6.01. The lowest BCUT2D eigenvalue weighted by atomic mass is 10.1. The summed E-state index contributed by atoms with van der Waals surface area (Å²) in [6, 6.07) is 1.63. The van der Waals surface area contributed by atoms with Crippen LogP contribution in [0.25, 0.3) is 0 Å². The number of carbonyl (C=O) groups is 1. The Kier molecular flexibility index (Phi) is 3.67. The minimum Gasteiger partial charge on any atom is -0.409 e. The first-order valence-corrected chi connectivity index (χ1v) is 4.30. The van der Waals surface area contributed by atoms with Crippen LogP contribution in [0.4, 0.5) is 0 Å². The van der Waals surface area contributed by atoms with Crippen LogP contribution in [0.5, 0.6) is 0 Å². The first-order valence-electron chi connectivity index (χ1n) is 4.30. The van der Waals surface area contributed by atoms with Gasteiger partial charge in [0.1, 0.15) is 0 Å². The first-order chi connectivity index (χ1) is 7.15. The van der Waals surface area contributed by atoms with Gasteiger partial charge in [-0.25, -0.2) is 0 Å². The van der Waals surface area contributed by atoms with Gasteiger partial charge in [-0.2, -0.15) is 0 Å². The normalized spacial score (nSPS) is 13.5. The molecule has 1 amide bonds. The predicted molar refractivity (Wildman–Crippen MR) is 50.9 cm³/mol. The van der Waals surface area contributed by atoms with Crippen molar-refractivity contribution in [2.45, 2.75) is 13.5 Å². The second-order valence-electron chi connectivity index (χ2n) is 2.94. The molecule has 1 aromatic heterocycles. The maximum absolute atomic E-state index is 11.4. The Morgan fingerprint density at radius 3 is 3.13 bits per heavy atom. The molecule has 0 aliphatic carbocycles. The Hall–Kier alpha value is -2.05. The van der Waals surface area contributed by atoms with E-state index in [9.17, 15) is 4.79 Å². The number of nitrogens with zero attached hydrogens (tertiary/aromatic N) is 2. The van der Waals surface area contributed by atoms with E-state index in [4.69, 9.17) is 15.5 Å². The van der Waals surface area contributed by atoms with Crippen LogP contribution in [0, 0.1) is 5.92 Å². The summed E-state index contributed by atoms with van der Waals surface area (Å²) in [5.41, 5.74) is 5.27. The summed E-state index contributed by atoms with van der Waals surface area (Å²) in [7, 11) is 0. The van der Waals surface area contributed by atoms with Crippen LogP contribution >= 0.6 is 0 Å². The standard InChI is InChI=1S/C8H12N4O3/c1-5(7(9)12-14)8(13)10-4-6-2-3-11-15-6/h2-3,5,14H,4H2,1H3,(H2,9,12)(H,10,13). The van der Waals surface area contributed by atoms with Crippen LogP contribution < -0.4 is 11.1 Å². The van der Waals surface area contributed by atoms with Gasteiger partial charge in [-0.15, -0.1) is 0 Å². The Labute approximate surface area is 85.9 Å². The van der Waals surface area contributed by atoms with Crippen molar-refractivity contribution in [1.29, 1.82) is 0 Å². The Morgan fingerprint density at radius 2 is 2.60 bits per heavy atom. The molecular formula is C8H12N4O3. The van der Waals surface area contributed by atoms with Crippen LogP contribution in [0.15, 0.2) is 21.9 Å². The molecule has 0 aliphatic rings. The lowest BCUT2D eigenvalue weighted by Gasteiger charge is -2.08. The molecule has 0 saturated heterocycles. The highest BCUT2D eigenvalue weighted by atomic mass is 16.5. The number of aromatic nitrogens is 1. The summed E-state index contributed by atoms with van der Waals surface area (Å²) in [4.78, 5) is 11.4. The molecule has 0 saturated carbocycles. The van der Waals surface area contributed by atoms with Gasteiger partial charge < -0.3 is 20.8 Å². The minimum atomic E-state index is -0.682. The predicted octanol–water partition coefficient (Wildman–Crippen LogP) is -0.327. The molecule has 1 heterocycles. The highest BCUT2D eigenvalue weighted by Gasteiger charge is 2.17. The number of hydrogen-bond donors (Lipinski definition) is 3. The van der Waals surface area contributed by atoms with Crippen molar-refractivity contribution in [3.05, 3.63) is 18.0 Å². The fourth-order valence-electron chi connectivity index (χ4n) is 0.882. The monoisotopic (exact) mass is 212 g/mol. The van der Waals surface area contributed by atoms with Crippen molar-refractivity contribution in [2.75, 3.05) is 0 Å². The fourth-order valence-corrected chi connectivity index (χ4v) is 0.882. The van der Waals surface area contributed by atoms with E-state index in [1.54, 1.807) is 6.07 Å². The number of oxime groups is 1. The van der Waals surface area contributed by atoms with E-state index < -0.39 is 5.92 Å². The lowest BCUT2D eigenvalue weighted by Crippen LogP contribution is -2.36. The van der Waals surface area contributed by atoms with Gasteiger partial charge in [0.2, 0.25) is 5.91 Å². The number of hydrogen-bond acceptors (Lipinski definition) is 5. The third kappa shape index (κ3) is 2.97. The van der Waals surface area contributed by atoms with Crippen LogP contribution in [-0.2, 0) is 11.3 Å². The SMILES string of the molecule is CC(C(=O)NCc1ccno1)C(N)=NO. The molecule has 0 spiro atoms. The molecule has 7 nitrogen and oxygen atoms in total. The molecule has 1 rings (SSSR count). The van der Waals surface area contributed by atoms with Crippen molar-refractivity contribution >= 4 is 11.7 Å². The molecule has 0 bridgehead atoms. The van der Waals surface area contributed by atoms with Crippen LogP contribution in [0.1, 0.15) is 12.7 Å². The molecule has 1 aromatic rings. The summed E-state index contributed by atoms with van der Waals surface area (Å²) in [6.07, 6.45) is 1.48. The van der Waals surface area contributed by atoms with Crippen molar-refractivity contribution < 1.29 is 14.5 Å². The Bertz CT molecular complexity index is 347. The molecule has 0 fully saturated rings. The average molecular weight is 212 g/mol. The third-order valence-corrected chi connectivity index (χ3v) is 1.88. The van der Waals surface area contributed by atoms with Crippen molar-refractivity contribution in [2.24, 2.45) is 16.8 Å². The zero-order valence-corrected chi connectivity index (χ0v) is 8.17. The molecule has 1 atom stereocenters. The molecule has 1 unspecified atom stereocenters. The fraction of sp³-hybridized carbons (Fsp3) is 0.375.